The average Bonchev–Trinajstić information content (AvgIpc) is 2.47. The Kier molecular flexibility index (Phi) is 4.99. The van der Waals surface area contributed by atoms with Gasteiger partial charge < -0.3 is 10.6 Å². The van der Waals surface area contributed by atoms with Crippen molar-refractivity contribution in [2.75, 3.05) is 12.4 Å². The number of carbonyl (C=O) groups is 1. The molecule has 4 heteroatoms. The number of hydrogen-bond donors (Lipinski definition) is 2. The lowest BCUT2D eigenvalue weighted by Crippen LogP contribution is -2.38. The molecule has 1 amide bonds. The molecule has 2 rings (SSSR count). The smallest absolute Gasteiger partial charge is 0.253 e. The first-order valence-electron chi connectivity index (χ1n) is 7.42. The van der Waals surface area contributed by atoms with E-state index in [9.17, 15) is 9.18 Å². The van der Waals surface area contributed by atoms with Gasteiger partial charge in [-0.25, -0.2) is 4.39 Å². The van der Waals surface area contributed by atoms with Crippen LogP contribution < -0.4 is 10.6 Å². The van der Waals surface area contributed by atoms with Crippen LogP contribution in [0.15, 0.2) is 18.2 Å². The van der Waals surface area contributed by atoms with Gasteiger partial charge in [-0.15, -0.1) is 0 Å². The molecule has 1 aliphatic rings. The molecular weight excluding hydrogens is 255 g/mol. The summed E-state index contributed by atoms with van der Waals surface area (Å²) in [6.45, 7) is 2.19. The molecule has 1 saturated carbocycles. The summed E-state index contributed by atoms with van der Waals surface area (Å²) in [5.41, 5.74) is 0.652. The van der Waals surface area contributed by atoms with Crippen LogP contribution in [0.2, 0.25) is 0 Å². The van der Waals surface area contributed by atoms with Crippen LogP contribution in [-0.2, 0) is 0 Å². The lowest BCUT2D eigenvalue weighted by Gasteiger charge is -2.29. The highest BCUT2D eigenvalue weighted by molar-refractivity contribution is 5.99. The fraction of sp³-hybridized carbons (Fsp3) is 0.562. The number of carbonyl (C=O) groups excluding carboxylic acids is 1. The molecule has 1 aromatic rings. The second kappa shape index (κ2) is 6.73. The summed E-state index contributed by atoms with van der Waals surface area (Å²) < 4.78 is 13.7. The van der Waals surface area contributed by atoms with Crippen LogP contribution in [-0.4, -0.2) is 19.0 Å². The van der Waals surface area contributed by atoms with Gasteiger partial charge >= 0.3 is 0 Å². The molecule has 0 heterocycles. The maximum Gasteiger partial charge on any atom is 0.253 e. The number of amides is 1. The normalized spacial score (nSPS) is 22.4. The lowest BCUT2D eigenvalue weighted by molar-refractivity contribution is 0.0919. The van der Waals surface area contributed by atoms with E-state index in [-0.39, 0.29) is 17.6 Å². The minimum absolute atomic E-state index is 0.185. The zero-order valence-electron chi connectivity index (χ0n) is 12.2. The molecule has 0 aromatic heterocycles. The molecule has 0 radical (unpaired) electrons. The van der Waals surface area contributed by atoms with Gasteiger partial charge in [0, 0.05) is 13.1 Å². The van der Waals surface area contributed by atoms with Crippen LogP contribution in [0.5, 0.6) is 0 Å². The Hall–Kier alpha value is -1.58. The highest BCUT2D eigenvalue weighted by atomic mass is 19.1. The van der Waals surface area contributed by atoms with Gasteiger partial charge in [0.1, 0.15) is 5.82 Å². The molecule has 2 unspecified atom stereocenters. The molecule has 1 aliphatic carbocycles. The van der Waals surface area contributed by atoms with Gasteiger partial charge in [-0.3, -0.25) is 4.79 Å². The topological polar surface area (TPSA) is 41.1 Å². The molecule has 1 aromatic carbocycles. The highest BCUT2D eigenvalue weighted by Crippen LogP contribution is 2.27. The van der Waals surface area contributed by atoms with Crippen LogP contribution >= 0.6 is 0 Å². The van der Waals surface area contributed by atoms with Crippen molar-refractivity contribution in [1.82, 2.24) is 5.32 Å². The predicted octanol–water partition coefficient (Wildman–Crippen LogP) is 3.57. The summed E-state index contributed by atoms with van der Waals surface area (Å²) in [6, 6.07) is 4.80. The SMILES string of the molecule is CCC1CCCC(NC(=O)c2cccc(F)c2NC)C1. The first kappa shape index (κ1) is 14.8. The monoisotopic (exact) mass is 278 g/mol. The van der Waals surface area contributed by atoms with E-state index in [2.05, 4.69) is 17.6 Å². The zero-order valence-corrected chi connectivity index (χ0v) is 12.2. The molecule has 2 N–H and O–H groups in total. The Labute approximate surface area is 120 Å². The van der Waals surface area contributed by atoms with Crippen molar-refractivity contribution in [2.45, 2.75) is 45.1 Å². The quantitative estimate of drug-likeness (QED) is 0.884. The van der Waals surface area contributed by atoms with Gasteiger partial charge in [-0.2, -0.15) is 0 Å². The summed E-state index contributed by atoms with van der Waals surface area (Å²) in [7, 11) is 1.63. The summed E-state index contributed by atoms with van der Waals surface area (Å²) in [5.74, 6) is 0.121. The molecule has 20 heavy (non-hydrogen) atoms. The van der Waals surface area contributed by atoms with Gasteiger partial charge in [-0.05, 0) is 30.9 Å². The van der Waals surface area contributed by atoms with Crippen LogP contribution in [0.4, 0.5) is 10.1 Å². The van der Waals surface area contributed by atoms with Gasteiger partial charge in [0.25, 0.3) is 5.91 Å². The van der Waals surface area contributed by atoms with Crippen LogP contribution in [0, 0.1) is 11.7 Å². The second-order valence-corrected chi connectivity index (χ2v) is 5.52. The largest absolute Gasteiger partial charge is 0.385 e. The van der Waals surface area contributed by atoms with Crippen molar-refractivity contribution in [3.8, 4) is 0 Å². The van der Waals surface area contributed by atoms with Gasteiger partial charge in [0.15, 0.2) is 0 Å². The van der Waals surface area contributed by atoms with Crippen molar-refractivity contribution in [3.05, 3.63) is 29.6 Å². The van der Waals surface area contributed by atoms with E-state index in [0.29, 0.717) is 11.5 Å². The Morgan fingerprint density at radius 1 is 1.40 bits per heavy atom. The van der Waals surface area contributed by atoms with Gasteiger partial charge in [0.05, 0.1) is 11.3 Å². The minimum Gasteiger partial charge on any atom is -0.385 e. The van der Waals surface area contributed by atoms with Crippen LogP contribution in [0.3, 0.4) is 0 Å². The van der Waals surface area contributed by atoms with Crippen LogP contribution in [0.25, 0.3) is 0 Å². The standard InChI is InChI=1S/C16H23FN2O/c1-3-11-6-4-7-12(10-11)19-16(20)13-8-5-9-14(17)15(13)18-2/h5,8-9,11-12,18H,3-4,6-7,10H2,1-2H3,(H,19,20). The fourth-order valence-corrected chi connectivity index (χ4v) is 3.02. The van der Waals surface area contributed by atoms with Crippen molar-refractivity contribution < 1.29 is 9.18 Å². The van der Waals surface area contributed by atoms with Crippen molar-refractivity contribution in [1.29, 1.82) is 0 Å². The first-order chi connectivity index (χ1) is 9.65. The third-order valence-electron chi connectivity index (χ3n) is 4.20. The molecule has 0 bridgehead atoms. The molecule has 0 aliphatic heterocycles. The molecule has 2 atom stereocenters. The van der Waals surface area contributed by atoms with Crippen molar-refractivity contribution >= 4 is 11.6 Å². The summed E-state index contributed by atoms with van der Waals surface area (Å²) in [5, 5.41) is 5.82. The van der Waals surface area contributed by atoms with E-state index in [0.717, 1.165) is 25.7 Å². The van der Waals surface area contributed by atoms with E-state index in [1.54, 1.807) is 19.2 Å². The molecule has 1 fully saturated rings. The summed E-state index contributed by atoms with van der Waals surface area (Å²) >= 11 is 0. The number of rotatable bonds is 4. The third-order valence-corrected chi connectivity index (χ3v) is 4.20. The van der Waals surface area contributed by atoms with E-state index in [1.165, 1.54) is 12.5 Å². The predicted molar refractivity (Wildman–Crippen MR) is 79.4 cm³/mol. The lowest BCUT2D eigenvalue weighted by atomic mass is 9.84. The number of benzene rings is 1. The molecule has 0 saturated heterocycles. The van der Waals surface area contributed by atoms with Crippen molar-refractivity contribution in [2.24, 2.45) is 5.92 Å². The molecular formula is C16H23FN2O. The van der Waals surface area contributed by atoms with Gasteiger partial charge in [-0.1, -0.05) is 32.3 Å². The van der Waals surface area contributed by atoms with E-state index < -0.39 is 5.82 Å². The number of halogens is 1. The number of para-hydroxylation sites is 1. The van der Waals surface area contributed by atoms with Crippen molar-refractivity contribution in [3.63, 3.8) is 0 Å². The van der Waals surface area contributed by atoms with Crippen LogP contribution in [0.1, 0.15) is 49.4 Å². The van der Waals surface area contributed by atoms with Gasteiger partial charge in [0.2, 0.25) is 0 Å². The minimum atomic E-state index is -0.393. The highest BCUT2D eigenvalue weighted by Gasteiger charge is 2.23. The maximum absolute atomic E-state index is 13.7. The van der Waals surface area contributed by atoms with E-state index >= 15 is 0 Å². The zero-order chi connectivity index (χ0) is 14.5. The average molecular weight is 278 g/mol. The number of anilines is 1. The molecule has 110 valence electrons. The first-order valence-corrected chi connectivity index (χ1v) is 7.42. The molecule has 3 nitrogen and oxygen atoms in total. The van der Waals surface area contributed by atoms with E-state index in [4.69, 9.17) is 0 Å². The van der Waals surface area contributed by atoms with E-state index in [1.807, 2.05) is 0 Å². The maximum atomic E-state index is 13.7. The number of nitrogens with one attached hydrogen (secondary N) is 2. The summed E-state index contributed by atoms with van der Waals surface area (Å²) in [4.78, 5) is 12.3. The third kappa shape index (κ3) is 3.30. The second-order valence-electron chi connectivity index (χ2n) is 5.52. The Morgan fingerprint density at radius 3 is 2.90 bits per heavy atom. The Balaban J connectivity index is 2.07. The Morgan fingerprint density at radius 2 is 2.20 bits per heavy atom. The number of hydrogen-bond acceptors (Lipinski definition) is 2. The summed E-state index contributed by atoms with van der Waals surface area (Å²) in [6.07, 6.45) is 5.63. The molecule has 0 spiro atoms. The fourth-order valence-electron chi connectivity index (χ4n) is 3.02. The Bertz CT molecular complexity index is 476.